The predicted octanol–water partition coefficient (Wildman–Crippen LogP) is 2.72. The highest BCUT2D eigenvalue weighted by molar-refractivity contribution is 6.42. The van der Waals surface area contributed by atoms with Crippen molar-refractivity contribution in [2.24, 2.45) is 17.1 Å². The molecule has 1 fully saturated rings. The van der Waals surface area contributed by atoms with Crippen LogP contribution in [0.5, 0.6) is 0 Å². The van der Waals surface area contributed by atoms with Crippen LogP contribution in [0.3, 0.4) is 0 Å². The average Bonchev–Trinajstić information content (AvgIpc) is 3.19. The van der Waals surface area contributed by atoms with Crippen LogP contribution in [0.25, 0.3) is 0 Å². The third-order valence-electron chi connectivity index (χ3n) is 3.88. The summed E-state index contributed by atoms with van der Waals surface area (Å²) in [6.07, 6.45) is 0.739. The monoisotopic (exact) mass is 328 g/mol. The van der Waals surface area contributed by atoms with E-state index in [1.54, 1.807) is 19.9 Å². The van der Waals surface area contributed by atoms with Crippen molar-refractivity contribution in [2.75, 3.05) is 6.54 Å². The molecule has 1 aromatic rings. The van der Waals surface area contributed by atoms with Gasteiger partial charge in [-0.3, -0.25) is 9.59 Å². The smallest absolute Gasteiger partial charge is 0.224 e. The Morgan fingerprint density at radius 2 is 2.05 bits per heavy atom. The molecule has 2 amide bonds. The second kappa shape index (κ2) is 5.85. The number of hydrogen-bond acceptors (Lipinski definition) is 2. The molecule has 21 heavy (non-hydrogen) atoms. The van der Waals surface area contributed by atoms with E-state index in [-0.39, 0.29) is 24.3 Å². The summed E-state index contributed by atoms with van der Waals surface area (Å²) in [5, 5.41) is 3.79. The van der Waals surface area contributed by atoms with E-state index >= 15 is 0 Å². The van der Waals surface area contributed by atoms with Crippen molar-refractivity contribution >= 4 is 35.0 Å². The number of halogens is 2. The Kier molecular flexibility index (Phi) is 4.49. The Morgan fingerprint density at radius 1 is 1.38 bits per heavy atom. The Balaban J connectivity index is 1.96. The topological polar surface area (TPSA) is 72.2 Å². The first-order valence-electron chi connectivity index (χ1n) is 6.75. The second-order valence-electron chi connectivity index (χ2n) is 6.06. The Hall–Kier alpha value is -1.26. The molecule has 114 valence electrons. The van der Waals surface area contributed by atoms with Gasteiger partial charge >= 0.3 is 0 Å². The van der Waals surface area contributed by atoms with Crippen molar-refractivity contribution < 1.29 is 9.59 Å². The van der Waals surface area contributed by atoms with Gasteiger partial charge in [0.15, 0.2) is 0 Å². The van der Waals surface area contributed by atoms with Gasteiger partial charge in [0, 0.05) is 12.5 Å². The second-order valence-corrected chi connectivity index (χ2v) is 6.84. The maximum atomic E-state index is 12.1. The fourth-order valence-corrected chi connectivity index (χ4v) is 2.61. The van der Waals surface area contributed by atoms with E-state index in [9.17, 15) is 9.59 Å². The zero-order chi connectivity index (χ0) is 15.8. The minimum absolute atomic E-state index is 0.0784. The van der Waals surface area contributed by atoms with Crippen LogP contribution in [0.1, 0.15) is 31.7 Å². The number of hydrogen-bond donors (Lipinski definition) is 2. The molecule has 0 aliphatic heterocycles. The first kappa shape index (κ1) is 16.1. The van der Waals surface area contributed by atoms with Gasteiger partial charge < -0.3 is 11.1 Å². The normalized spacial score (nSPS) is 21.0. The standard InChI is InChI=1S/C15H18Cl2N2O2/c1-15(2,14(18)21)7-19-13(20)10-6-9(10)8-4-3-5-11(16)12(8)17/h3-5,9-10H,6-7H2,1-2H3,(H2,18,21)(H,19,20). The van der Waals surface area contributed by atoms with Crippen LogP contribution in [0.15, 0.2) is 18.2 Å². The SMILES string of the molecule is CC(C)(CNC(=O)C1CC1c1cccc(Cl)c1Cl)C(N)=O. The third-order valence-corrected chi connectivity index (χ3v) is 4.71. The van der Waals surface area contributed by atoms with Crippen molar-refractivity contribution in [1.29, 1.82) is 0 Å². The van der Waals surface area contributed by atoms with E-state index in [1.807, 2.05) is 12.1 Å². The van der Waals surface area contributed by atoms with Crippen molar-refractivity contribution in [3.05, 3.63) is 33.8 Å². The fourth-order valence-electron chi connectivity index (χ4n) is 2.16. The maximum absolute atomic E-state index is 12.1. The Bertz CT molecular complexity index is 587. The summed E-state index contributed by atoms with van der Waals surface area (Å²) in [5.41, 5.74) is 5.43. The molecular weight excluding hydrogens is 311 g/mol. The van der Waals surface area contributed by atoms with Gasteiger partial charge in [-0.15, -0.1) is 0 Å². The van der Waals surface area contributed by atoms with Crippen molar-refractivity contribution in [2.45, 2.75) is 26.2 Å². The first-order valence-corrected chi connectivity index (χ1v) is 7.51. The van der Waals surface area contributed by atoms with Crippen LogP contribution in [0.2, 0.25) is 10.0 Å². The van der Waals surface area contributed by atoms with Crippen LogP contribution in [0.4, 0.5) is 0 Å². The number of nitrogens with one attached hydrogen (secondary N) is 1. The summed E-state index contributed by atoms with van der Waals surface area (Å²) >= 11 is 12.1. The lowest BCUT2D eigenvalue weighted by Gasteiger charge is -2.20. The van der Waals surface area contributed by atoms with Gasteiger partial charge in [0.1, 0.15) is 0 Å². The summed E-state index contributed by atoms with van der Waals surface area (Å²) in [5.74, 6) is -0.545. The Morgan fingerprint density at radius 3 is 2.67 bits per heavy atom. The van der Waals surface area contributed by atoms with Crippen LogP contribution in [-0.2, 0) is 9.59 Å². The highest BCUT2D eigenvalue weighted by atomic mass is 35.5. The summed E-state index contributed by atoms with van der Waals surface area (Å²) < 4.78 is 0. The number of carbonyl (C=O) groups excluding carboxylic acids is 2. The zero-order valence-corrected chi connectivity index (χ0v) is 13.5. The molecule has 2 atom stereocenters. The quantitative estimate of drug-likeness (QED) is 0.872. The molecule has 0 spiro atoms. The van der Waals surface area contributed by atoms with Crippen LogP contribution < -0.4 is 11.1 Å². The van der Waals surface area contributed by atoms with E-state index in [0.717, 1.165) is 12.0 Å². The molecule has 0 aromatic heterocycles. The lowest BCUT2D eigenvalue weighted by atomic mass is 9.92. The van der Waals surface area contributed by atoms with E-state index in [4.69, 9.17) is 28.9 Å². The summed E-state index contributed by atoms with van der Waals surface area (Å²) in [6, 6.07) is 5.44. The lowest BCUT2D eigenvalue weighted by molar-refractivity contribution is -0.127. The molecular formula is C15H18Cl2N2O2. The molecule has 1 aromatic carbocycles. The highest BCUT2D eigenvalue weighted by Crippen LogP contribution is 2.50. The molecule has 1 aliphatic rings. The van der Waals surface area contributed by atoms with Gasteiger partial charge in [0.25, 0.3) is 0 Å². The van der Waals surface area contributed by atoms with Crippen molar-refractivity contribution in [1.82, 2.24) is 5.32 Å². The van der Waals surface area contributed by atoms with Gasteiger partial charge in [-0.2, -0.15) is 0 Å². The molecule has 0 saturated heterocycles. The molecule has 2 unspecified atom stereocenters. The lowest BCUT2D eigenvalue weighted by Crippen LogP contribution is -2.42. The van der Waals surface area contributed by atoms with Crippen LogP contribution in [-0.4, -0.2) is 18.4 Å². The van der Waals surface area contributed by atoms with E-state index < -0.39 is 11.3 Å². The molecule has 0 heterocycles. The van der Waals surface area contributed by atoms with Crippen LogP contribution in [0, 0.1) is 11.3 Å². The van der Waals surface area contributed by atoms with Gasteiger partial charge in [-0.25, -0.2) is 0 Å². The zero-order valence-electron chi connectivity index (χ0n) is 12.0. The molecule has 3 N–H and O–H groups in total. The predicted molar refractivity (Wildman–Crippen MR) is 83.3 cm³/mol. The first-order chi connectivity index (χ1) is 9.74. The number of nitrogens with two attached hydrogens (primary N) is 1. The van der Waals surface area contributed by atoms with Gasteiger partial charge in [0.2, 0.25) is 11.8 Å². The fraction of sp³-hybridized carbons (Fsp3) is 0.467. The van der Waals surface area contributed by atoms with Crippen molar-refractivity contribution in [3.8, 4) is 0 Å². The molecule has 6 heteroatoms. The average molecular weight is 329 g/mol. The van der Waals surface area contributed by atoms with Crippen molar-refractivity contribution in [3.63, 3.8) is 0 Å². The highest BCUT2D eigenvalue weighted by Gasteiger charge is 2.45. The molecule has 4 nitrogen and oxygen atoms in total. The summed E-state index contributed by atoms with van der Waals surface area (Å²) in [7, 11) is 0. The number of amides is 2. The van der Waals surface area contributed by atoms with E-state index in [2.05, 4.69) is 5.32 Å². The molecule has 1 aliphatic carbocycles. The molecule has 0 radical (unpaired) electrons. The summed E-state index contributed by atoms with van der Waals surface area (Å²) in [4.78, 5) is 23.3. The van der Waals surface area contributed by atoms with Crippen LogP contribution >= 0.6 is 23.2 Å². The number of benzene rings is 1. The Labute approximate surface area is 134 Å². The minimum atomic E-state index is -0.756. The minimum Gasteiger partial charge on any atom is -0.369 e. The largest absolute Gasteiger partial charge is 0.369 e. The third kappa shape index (κ3) is 3.50. The number of carbonyl (C=O) groups is 2. The van der Waals surface area contributed by atoms with E-state index in [1.165, 1.54) is 0 Å². The molecule has 1 saturated carbocycles. The van der Waals surface area contributed by atoms with Gasteiger partial charge in [0.05, 0.1) is 15.5 Å². The van der Waals surface area contributed by atoms with E-state index in [0.29, 0.717) is 10.0 Å². The van der Waals surface area contributed by atoms with Gasteiger partial charge in [-0.1, -0.05) is 35.3 Å². The van der Waals surface area contributed by atoms with Gasteiger partial charge in [-0.05, 0) is 37.8 Å². The maximum Gasteiger partial charge on any atom is 0.224 e. The number of rotatable bonds is 5. The molecule has 0 bridgehead atoms. The molecule has 2 rings (SSSR count). The summed E-state index contributed by atoms with van der Waals surface area (Å²) in [6.45, 7) is 3.63. The number of primary amides is 1.